The second-order valence-electron chi connectivity index (χ2n) is 8.69. The van der Waals surface area contributed by atoms with Gasteiger partial charge in [-0.3, -0.25) is 14.5 Å². The summed E-state index contributed by atoms with van der Waals surface area (Å²) in [4.78, 5) is 27.2. The molecule has 0 unspecified atom stereocenters. The van der Waals surface area contributed by atoms with Crippen LogP contribution in [0.2, 0.25) is 0 Å². The van der Waals surface area contributed by atoms with Gasteiger partial charge in [0.25, 0.3) is 5.56 Å². The summed E-state index contributed by atoms with van der Waals surface area (Å²) in [7, 11) is 3.73. The summed E-state index contributed by atoms with van der Waals surface area (Å²) >= 11 is 0. The van der Waals surface area contributed by atoms with E-state index < -0.39 is 0 Å². The quantitative estimate of drug-likeness (QED) is 0.523. The van der Waals surface area contributed by atoms with Gasteiger partial charge in [-0.1, -0.05) is 30.3 Å². The van der Waals surface area contributed by atoms with Gasteiger partial charge < -0.3 is 14.8 Å². The van der Waals surface area contributed by atoms with Crippen LogP contribution >= 0.6 is 0 Å². The van der Waals surface area contributed by atoms with Crippen LogP contribution in [0.15, 0.2) is 53.3 Å². The number of aromatic nitrogens is 2. The number of nitrogens with one attached hydrogen (secondary N) is 1. The maximum absolute atomic E-state index is 12.6. The first kappa shape index (κ1) is 23.9. The van der Waals surface area contributed by atoms with Crippen molar-refractivity contribution < 1.29 is 14.3 Å². The summed E-state index contributed by atoms with van der Waals surface area (Å²) in [5.74, 6) is 0.638. The fraction of sp³-hybridized carbons (Fsp3) is 0.423. The molecule has 1 aliphatic heterocycles. The van der Waals surface area contributed by atoms with Gasteiger partial charge in [0.15, 0.2) is 0 Å². The highest BCUT2D eigenvalue weighted by Gasteiger charge is 2.18. The van der Waals surface area contributed by atoms with E-state index in [1.165, 1.54) is 4.68 Å². The van der Waals surface area contributed by atoms with E-state index in [-0.39, 0.29) is 17.9 Å². The normalized spacial score (nSPS) is 14.4. The van der Waals surface area contributed by atoms with Crippen molar-refractivity contribution in [2.45, 2.75) is 31.8 Å². The van der Waals surface area contributed by atoms with Crippen LogP contribution in [0.3, 0.4) is 0 Å². The van der Waals surface area contributed by atoms with Crippen LogP contribution in [0.25, 0.3) is 10.8 Å². The summed E-state index contributed by atoms with van der Waals surface area (Å²) in [5.41, 5.74) is 1.37. The van der Waals surface area contributed by atoms with Crippen LogP contribution in [0.5, 0.6) is 5.75 Å². The zero-order valence-corrected chi connectivity index (χ0v) is 19.8. The third-order valence-corrected chi connectivity index (χ3v) is 6.28. The van der Waals surface area contributed by atoms with Crippen LogP contribution in [-0.2, 0) is 29.5 Å². The summed E-state index contributed by atoms with van der Waals surface area (Å²) in [6.07, 6.45) is 2.23. The molecule has 34 heavy (non-hydrogen) atoms. The molecule has 2 aromatic carbocycles. The molecule has 1 saturated heterocycles. The lowest BCUT2D eigenvalue weighted by Crippen LogP contribution is -2.38. The van der Waals surface area contributed by atoms with Crippen molar-refractivity contribution in [2.75, 3.05) is 33.4 Å². The van der Waals surface area contributed by atoms with E-state index in [2.05, 4.69) is 22.4 Å². The molecular weight excluding hydrogens is 432 g/mol. The lowest BCUT2D eigenvalue weighted by atomic mass is 10.1. The van der Waals surface area contributed by atoms with Crippen molar-refractivity contribution in [3.05, 3.63) is 70.1 Å². The largest absolute Gasteiger partial charge is 0.492 e. The Balaban J connectivity index is 1.29. The van der Waals surface area contributed by atoms with E-state index in [1.807, 2.05) is 42.5 Å². The van der Waals surface area contributed by atoms with Gasteiger partial charge >= 0.3 is 0 Å². The van der Waals surface area contributed by atoms with Crippen molar-refractivity contribution in [3.63, 3.8) is 0 Å². The predicted molar refractivity (Wildman–Crippen MR) is 131 cm³/mol. The topological polar surface area (TPSA) is 85.7 Å². The highest BCUT2D eigenvalue weighted by Crippen LogP contribution is 2.16. The number of amides is 1. The first-order valence-corrected chi connectivity index (χ1v) is 11.7. The zero-order chi connectivity index (χ0) is 23.9. The maximum atomic E-state index is 12.6. The molecule has 0 radical (unpaired) electrons. The van der Waals surface area contributed by atoms with Gasteiger partial charge in [-0.2, -0.15) is 5.10 Å². The van der Waals surface area contributed by atoms with Gasteiger partial charge in [0.05, 0.1) is 17.5 Å². The Morgan fingerprint density at radius 1 is 1.18 bits per heavy atom. The summed E-state index contributed by atoms with van der Waals surface area (Å²) in [6.45, 7) is 3.51. The first-order valence-electron chi connectivity index (χ1n) is 11.7. The molecule has 1 amide bonds. The number of carbonyl (C=O) groups is 1. The summed E-state index contributed by atoms with van der Waals surface area (Å²) in [5, 5.41) is 8.53. The smallest absolute Gasteiger partial charge is 0.274 e. The molecule has 2 heterocycles. The fourth-order valence-electron chi connectivity index (χ4n) is 4.28. The lowest BCUT2D eigenvalue weighted by molar-refractivity contribution is -0.120. The molecule has 4 rings (SSSR count). The number of fused-ring (bicyclic) bond motifs is 1. The Bertz CT molecular complexity index is 1190. The van der Waals surface area contributed by atoms with Crippen LogP contribution in [0.1, 0.15) is 24.1 Å². The average Bonchev–Trinajstić information content (AvgIpc) is 2.86. The standard InChI is InChI=1S/C26H32N4O4/c1-29(20-10-13-33-14-11-20)12-15-34-21-7-5-6-19(16-21)18-27-25(31)17-24-22-8-3-4-9-23(22)26(32)30(2)28-24/h3-9,16,20H,10-15,17-18H2,1-2H3,(H,27,31). The minimum Gasteiger partial charge on any atom is -0.492 e. The number of benzene rings is 2. The number of carbonyl (C=O) groups excluding carboxylic acids is 1. The Hall–Kier alpha value is -3.23. The number of nitrogens with zero attached hydrogens (tertiary/aromatic N) is 3. The van der Waals surface area contributed by atoms with Gasteiger partial charge in [-0.15, -0.1) is 0 Å². The molecule has 8 nitrogen and oxygen atoms in total. The first-order chi connectivity index (χ1) is 16.5. The average molecular weight is 465 g/mol. The van der Waals surface area contributed by atoms with E-state index in [0.29, 0.717) is 35.7 Å². The maximum Gasteiger partial charge on any atom is 0.274 e. The number of aryl methyl sites for hydroxylation is 1. The highest BCUT2D eigenvalue weighted by atomic mass is 16.5. The molecule has 0 spiro atoms. The lowest BCUT2D eigenvalue weighted by Gasteiger charge is -2.31. The van der Waals surface area contributed by atoms with E-state index in [4.69, 9.17) is 9.47 Å². The molecule has 1 fully saturated rings. The molecule has 0 aliphatic carbocycles. The van der Waals surface area contributed by atoms with Crippen molar-refractivity contribution >= 4 is 16.7 Å². The number of hydrogen-bond acceptors (Lipinski definition) is 6. The molecule has 1 aliphatic rings. The molecule has 3 aromatic rings. The van der Waals surface area contributed by atoms with Gasteiger partial charge in [-0.05, 0) is 43.7 Å². The molecular formula is C26H32N4O4. The van der Waals surface area contributed by atoms with Crippen LogP contribution < -0.4 is 15.6 Å². The van der Waals surface area contributed by atoms with Crippen LogP contribution in [0, 0.1) is 0 Å². The van der Waals surface area contributed by atoms with Gasteiger partial charge in [0.1, 0.15) is 12.4 Å². The molecule has 8 heteroatoms. The fourth-order valence-corrected chi connectivity index (χ4v) is 4.28. The molecule has 0 saturated carbocycles. The van der Waals surface area contributed by atoms with E-state index >= 15 is 0 Å². The third kappa shape index (κ3) is 6.01. The van der Waals surface area contributed by atoms with E-state index in [0.717, 1.165) is 43.9 Å². The molecule has 1 N–H and O–H groups in total. The summed E-state index contributed by atoms with van der Waals surface area (Å²) in [6, 6.07) is 15.6. The van der Waals surface area contributed by atoms with Crippen molar-refractivity contribution in [1.82, 2.24) is 20.0 Å². The number of ether oxygens (including phenoxy) is 2. The van der Waals surface area contributed by atoms with Crippen molar-refractivity contribution in [2.24, 2.45) is 7.05 Å². The highest BCUT2D eigenvalue weighted by molar-refractivity contribution is 5.88. The molecule has 1 aromatic heterocycles. The Labute approximate surface area is 199 Å². The van der Waals surface area contributed by atoms with Crippen molar-refractivity contribution in [1.29, 1.82) is 0 Å². The minimum atomic E-state index is -0.171. The van der Waals surface area contributed by atoms with Gasteiger partial charge in [-0.25, -0.2) is 4.68 Å². The van der Waals surface area contributed by atoms with Crippen LogP contribution in [-0.4, -0.2) is 60.0 Å². The van der Waals surface area contributed by atoms with Crippen molar-refractivity contribution in [3.8, 4) is 5.75 Å². The van der Waals surface area contributed by atoms with Gasteiger partial charge in [0.2, 0.25) is 5.91 Å². The second kappa shape index (κ2) is 11.3. The van der Waals surface area contributed by atoms with Crippen LogP contribution in [0.4, 0.5) is 0 Å². The Kier molecular flexibility index (Phi) is 7.92. The molecule has 180 valence electrons. The SMILES string of the molecule is CN(CCOc1cccc(CNC(=O)Cc2nn(C)c(=O)c3ccccc23)c1)C1CCOCC1. The Morgan fingerprint density at radius 3 is 2.74 bits per heavy atom. The predicted octanol–water partition coefficient (Wildman–Crippen LogP) is 2.28. The van der Waals surface area contributed by atoms with E-state index in [1.54, 1.807) is 13.1 Å². The third-order valence-electron chi connectivity index (χ3n) is 6.28. The minimum absolute atomic E-state index is 0.101. The number of rotatable bonds is 9. The second-order valence-corrected chi connectivity index (χ2v) is 8.69. The van der Waals surface area contributed by atoms with Gasteiger partial charge in [0, 0.05) is 44.8 Å². The Morgan fingerprint density at radius 2 is 1.94 bits per heavy atom. The van der Waals surface area contributed by atoms with E-state index in [9.17, 15) is 9.59 Å². The monoisotopic (exact) mass is 464 g/mol. The summed E-state index contributed by atoms with van der Waals surface area (Å²) < 4.78 is 12.7. The molecule has 0 atom stereocenters. The number of hydrogen-bond donors (Lipinski definition) is 1. The zero-order valence-electron chi connectivity index (χ0n) is 19.8. The number of likely N-dealkylation sites (N-methyl/N-ethyl adjacent to an activating group) is 1. The molecule has 0 bridgehead atoms.